The Balaban J connectivity index is 2.10. The van der Waals surface area contributed by atoms with Gasteiger partial charge in [0, 0.05) is 6.07 Å². The topological polar surface area (TPSA) is 74.8 Å². The lowest BCUT2D eigenvalue weighted by Crippen LogP contribution is -2.25. The van der Waals surface area contributed by atoms with Gasteiger partial charge >= 0.3 is 0 Å². The third-order valence-electron chi connectivity index (χ3n) is 2.52. The van der Waals surface area contributed by atoms with Crippen LogP contribution in [0, 0.1) is 12.7 Å². The number of H-pyrrole nitrogens is 1. The fourth-order valence-electron chi connectivity index (χ4n) is 1.67. The third kappa shape index (κ3) is 3.42. The first-order valence-electron chi connectivity index (χ1n) is 5.76. The number of carbonyl (C=O) groups is 1. The van der Waals surface area contributed by atoms with Crippen molar-refractivity contribution in [3.8, 4) is 0 Å². The zero-order valence-electron chi connectivity index (χ0n) is 10.5. The standard InChI is InChI=1S/C13H11ClFN3O2/c1-7-17-9(5-12(19)18-7)6-16-13(20)10-3-2-8(15)4-11(10)14/h2-5H,6H2,1H3,(H,16,20)(H,17,18,19). The van der Waals surface area contributed by atoms with Gasteiger partial charge in [-0.2, -0.15) is 0 Å². The van der Waals surface area contributed by atoms with Gasteiger partial charge in [-0.05, 0) is 25.1 Å². The van der Waals surface area contributed by atoms with E-state index in [9.17, 15) is 14.0 Å². The van der Waals surface area contributed by atoms with Gasteiger partial charge in [-0.3, -0.25) is 9.59 Å². The Kier molecular flexibility index (Phi) is 4.14. The number of hydrogen-bond donors (Lipinski definition) is 2. The highest BCUT2D eigenvalue weighted by Gasteiger charge is 2.11. The van der Waals surface area contributed by atoms with E-state index in [0.29, 0.717) is 11.5 Å². The molecule has 0 atom stereocenters. The smallest absolute Gasteiger partial charge is 0.253 e. The van der Waals surface area contributed by atoms with Crippen LogP contribution in [0.5, 0.6) is 0 Å². The molecule has 0 unspecified atom stereocenters. The lowest BCUT2D eigenvalue weighted by molar-refractivity contribution is 0.0950. The Hall–Kier alpha value is -2.21. The van der Waals surface area contributed by atoms with Crippen LogP contribution < -0.4 is 10.9 Å². The minimum Gasteiger partial charge on any atom is -0.346 e. The quantitative estimate of drug-likeness (QED) is 0.906. The molecule has 2 rings (SSSR count). The number of hydrogen-bond acceptors (Lipinski definition) is 3. The molecule has 0 bridgehead atoms. The maximum atomic E-state index is 12.9. The van der Waals surface area contributed by atoms with Crippen molar-refractivity contribution in [1.82, 2.24) is 15.3 Å². The first-order chi connectivity index (χ1) is 9.45. The number of amides is 1. The summed E-state index contributed by atoms with van der Waals surface area (Å²) in [6.07, 6.45) is 0. The van der Waals surface area contributed by atoms with E-state index >= 15 is 0 Å². The van der Waals surface area contributed by atoms with Gasteiger partial charge in [-0.25, -0.2) is 9.37 Å². The van der Waals surface area contributed by atoms with Crippen LogP contribution in [-0.2, 0) is 6.54 Å². The molecule has 0 aliphatic carbocycles. The van der Waals surface area contributed by atoms with E-state index in [1.54, 1.807) is 6.92 Å². The van der Waals surface area contributed by atoms with Gasteiger partial charge in [0.15, 0.2) is 0 Å². The predicted molar refractivity (Wildman–Crippen MR) is 72.2 cm³/mol. The molecule has 0 aliphatic heterocycles. The summed E-state index contributed by atoms with van der Waals surface area (Å²) in [5.74, 6) is -0.519. The van der Waals surface area contributed by atoms with Crippen LogP contribution in [0.3, 0.4) is 0 Å². The number of halogens is 2. The average Bonchev–Trinajstić information content (AvgIpc) is 2.35. The molecule has 1 aromatic carbocycles. The number of aromatic amines is 1. The van der Waals surface area contributed by atoms with Crippen LogP contribution in [0.4, 0.5) is 4.39 Å². The van der Waals surface area contributed by atoms with Crippen LogP contribution in [0.2, 0.25) is 5.02 Å². The second-order valence-corrected chi connectivity index (χ2v) is 4.54. The molecule has 1 aromatic heterocycles. The molecular weight excluding hydrogens is 285 g/mol. The van der Waals surface area contributed by atoms with Gasteiger partial charge in [-0.15, -0.1) is 0 Å². The molecule has 0 aliphatic rings. The number of carbonyl (C=O) groups excluding carboxylic acids is 1. The van der Waals surface area contributed by atoms with Crippen molar-refractivity contribution < 1.29 is 9.18 Å². The number of aryl methyl sites for hydroxylation is 1. The first kappa shape index (κ1) is 14.2. The summed E-state index contributed by atoms with van der Waals surface area (Å²) in [4.78, 5) is 29.7. The molecule has 1 amide bonds. The molecule has 0 fully saturated rings. The zero-order valence-corrected chi connectivity index (χ0v) is 11.3. The van der Waals surface area contributed by atoms with Crippen LogP contribution in [0.15, 0.2) is 29.1 Å². The predicted octanol–water partition coefficient (Wildman–Crippen LogP) is 1.80. The Morgan fingerprint density at radius 3 is 2.85 bits per heavy atom. The molecule has 5 nitrogen and oxygen atoms in total. The molecule has 20 heavy (non-hydrogen) atoms. The molecule has 0 spiro atoms. The van der Waals surface area contributed by atoms with Gasteiger partial charge in [-0.1, -0.05) is 11.6 Å². The Bertz CT molecular complexity index is 715. The number of nitrogens with zero attached hydrogens (tertiary/aromatic N) is 1. The van der Waals surface area contributed by atoms with Crippen molar-refractivity contribution >= 4 is 17.5 Å². The maximum Gasteiger partial charge on any atom is 0.253 e. The molecule has 104 valence electrons. The van der Waals surface area contributed by atoms with E-state index in [4.69, 9.17) is 11.6 Å². The normalized spacial score (nSPS) is 10.3. The summed E-state index contributed by atoms with van der Waals surface area (Å²) in [5.41, 5.74) is 0.300. The van der Waals surface area contributed by atoms with Crippen LogP contribution in [0.1, 0.15) is 21.9 Å². The number of aromatic nitrogens is 2. The SMILES string of the molecule is Cc1nc(CNC(=O)c2ccc(F)cc2Cl)cc(=O)[nH]1. The second kappa shape index (κ2) is 5.83. The van der Waals surface area contributed by atoms with E-state index < -0.39 is 11.7 Å². The van der Waals surface area contributed by atoms with Gasteiger partial charge < -0.3 is 10.3 Å². The molecular formula is C13H11ClFN3O2. The molecule has 2 aromatic rings. The van der Waals surface area contributed by atoms with Crippen molar-refractivity contribution in [3.05, 3.63) is 62.5 Å². The van der Waals surface area contributed by atoms with Crippen LogP contribution in [-0.4, -0.2) is 15.9 Å². The summed E-state index contributed by atoms with van der Waals surface area (Å²) in [6, 6.07) is 4.80. The molecule has 7 heteroatoms. The van der Waals surface area contributed by atoms with E-state index in [0.717, 1.165) is 12.1 Å². The molecule has 0 saturated heterocycles. The minimum absolute atomic E-state index is 0.0255. The largest absolute Gasteiger partial charge is 0.346 e. The lowest BCUT2D eigenvalue weighted by Gasteiger charge is -2.06. The lowest BCUT2D eigenvalue weighted by atomic mass is 10.2. The van der Waals surface area contributed by atoms with E-state index in [-0.39, 0.29) is 22.7 Å². The average molecular weight is 296 g/mol. The van der Waals surface area contributed by atoms with Crippen molar-refractivity contribution in [2.75, 3.05) is 0 Å². The highest BCUT2D eigenvalue weighted by atomic mass is 35.5. The van der Waals surface area contributed by atoms with Crippen molar-refractivity contribution in [3.63, 3.8) is 0 Å². The van der Waals surface area contributed by atoms with E-state index in [1.165, 1.54) is 12.1 Å². The fraction of sp³-hybridized carbons (Fsp3) is 0.154. The summed E-state index contributed by atoms with van der Waals surface area (Å²) in [6.45, 7) is 1.72. The maximum absolute atomic E-state index is 12.9. The van der Waals surface area contributed by atoms with Gasteiger partial charge in [0.25, 0.3) is 11.5 Å². The highest BCUT2D eigenvalue weighted by Crippen LogP contribution is 2.17. The van der Waals surface area contributed by atoms with E-state index in [1.807, 2.05) is 0 Å². The third-order valence-corrected chi connectivity index (χ3v) is 2.83. The monoisotopic (exact) mass is 295 g/mol. The van der Waals surface area contributed by atoms with Gasteiger partial charge in [0.1, 0.15) is 11.6 Å². The van der Waals surface area contributed by atoms with Crippen molar-refractivity contribution in [2.45, 2.75) is 13.5 Å². The second-order valence-electron chi connectivity index (χ2n) is 4.13. The van der Waals surface area contributed by atoms with Crippen molar-refractivity contribution in [2.24, 2.45) is 0 Å². The minimum atomic E-state index is -0.515. The summed E-state index contributed by atoms with van der Waals surface area (Å²) < 4.78 is 12.9. The summed E-state index contributed by atoms with van der Waals surface area (Å²) >= 11 is 5.79. The zero-order chi connectivity index (χ0) is 14.7. The van der Waals surface area contributed by atoms with Gasteiger partial charge in [0.05, 0.1) is 22.8 Å². The van der Waals surface area contributed by atoms with Crippen molar-refractivity contribution in [1.29, 1.82) is 0 Å². The first-order valence-corrected chi connectivity index (χ1v) is 6.13. The molecule has 2 N–H and O–H groups in total. The fourth-order valence-corrected chi connectivity index (χ4v) is 1.92. The molecule has 1 heterocycles. The number of benzene rings is 1. The summed E-state index contributed by atoms with van der Waals surface area (Å²) in [5, 5.41) is 2.59. The Labute approximate surface area is 118 Å². The van der Waals surface area contributed by atoms with E-state index in [2.05, 4.69) is 15.3 Å². The summed E-state index contributed by atoms with van der Waals surface area (Å²) in [7, 11) is 0. The van der Waals surface area contributed by atoms with Crippen LogP contribution >= 0.6 is 11.6 Å². The molecule has 0 radical (unpaired) electrons. The number of rotatable bonds is 3. The van der Waals surface area contributed by atoms with Crippen LogP contribution in [0.25, 0.3) is 0 Å². The Morgan fingerprint density at radius 1 is 1.45 bits per heavy atom. The van der Waals surface area contributed by atoms with Gasteiger partial charge in [0.2, 0.25) is 0 Å². The molecule has 0 saturated carbocycles. The Morgan fingerprint density at radius 2 is 2.20 bits per heavy atom. The highest BCUT2D eigenvalue weighted by molar-refractivity contribution is 6.33. The number of nitrogens with one attached hydrogen (secondary N) is 2.